The topological polar surface area (TPSA) is 149 Å². The molecule has 3 aromatic carbocycles. The third-order valence-electron chi connectivity index (χ3n) is 8.01. The number of allylic oxidation sites excluding steroid dienone is 2. The molecule has 0 radical (unpaired) electrons. The van der Waals surface area contributed by atoms with Crippen molar-refractivity contribution in [2.24, 2.45) is 5.92 Å². The van der Waals surface area contributed by atoms with Gasteiger partial charge in [0.1, 0.15) is 6.04 Å². The van der Waals surface area contributed by atoms with E-state index in [1.807, 2.05) is 80.6 Å². The highest BCUT2D eigenvalue weighted by Gasteiger charge is 2.34. The predicted octanol–water partition coefficient (Wildman–Crippen LogP) is 6.10. The number of methoxy groups -OCH3 is 1. The molecule has 3 aromatic rings. The van der Waals surface area contributed by atoms with E-state index in [1.54, 1.807) is 25.1 Å². The molecule has 258 valence electrons. The van der Waals surface area contributed by atoms with Crippen LogP contribution in [-0.4, -0.2) is 67.9 Å². The average Bonchev–Trinajstić information content (AvgIpc) is 3.07. The Hall–Kier alpha value is -4.32. The molecule has 0 saturated heterocycles. The molecule has 11 heteroatoms. The first kappa shape index (κ1) is 38.1. The number of aliphatic hydroxyl groups excluding tert-OH is 1. The van der Waals surface area contributed by atoms with E-state index in [-0.39, 0.29) is 30.2 Å². The lowest BCUT2D eigenvalue weighted by molar-refractivity contribution is -0.118. The molecule has 0 fully saturated rings. The van der Waals surface area contributed by atoms with Gasteiger partial charge in [0.05, 0.1) is 24.7 Å². The number of anilines is 1. The summed E-state index contributed by atoms with van der Waals surface area (Å²) in [6, 6.07) is 24.0. The van der Waals surface area contributed by atoms with Crippen molar-refractivity contribution < 1.29 is 27.9 Å². The average molecular weight is 677 g/mol. The highest BCUT2D eigenvalue weighted by molar-refractivity contribution is 7.93. The molecule has 0 saturated carbocycles. The van der Waals surface area contributed by atoms with Crippen LogP contribution in [0.3, 0.4) is 0 Å². The van der Waals surface area contributed by atoms with Crippen molar-refractivity contribution in [3.05, 3.63) is 113 Å². The number of benzene rings is 3. The molecule has 0 aliphatic carbocycles. The van der Waals surface area contributed by atoms with E-state index >= 15 is 0 Å². The summed E-state index contributed by atoms with van der Waals surface area (Å²) in [6.45, 7) is 6.96. The molecular formula is C37H48N4O6S. The third-order valence-corrected chi connectivity index (χ3v) is 10.1. The van der Waals surface area contributed by atoms with Crippen LogP contribution in [0.5, 0.6) is 0 Å². The minimum atomic E-state index is -3.92. The van der Waals surface area contributed by atoms with E-state index < -0.39 is 46.6 Å². The molecule has 0 spiro atoms. The van der Waals surface area contributed by atoms with Crippen molar-refractivity contribution >= 4 is 33.4 Å². The Kier molecular flexibility index (Phi) is 14.5. The zero-order valence-electron chi connectivity index (χ0n) is 28.3. The summed E-state index contributed by atoms with van der Waals surface area (Å²) in [5.74, 6) is -0.783. The fraction of sp³-hybridized carbons (Fsp3) is 0.378. The summed E-state index contributed by atoms with van der Waals surface area (Å²) >= 11 is 0. The molecule has 2 atom stereocenters. The van der Waals surface area contributed by atoms with Gasteiger partial charge in [0.25, 0.3) is 0 Å². The maximum atomic E-state index is 14.0. The number of aliphatic hydroxyl groups is 1. The van der Waals surface area contributed by atoms with Gasteiger partial charge in [0.15, 0.2) is 0 Å². The van der Waals surface area contributed by atoms with Crippen LogP contribution in [-0.2, 0) is 26.0 Å². The van der Waals surface area contributed by atoms with Crippen LogP contribution < -0.4 is 10.6 Å². The lowest BCUT2D eigenvalue weighted by atomic mass is 9.84. The van der Waals surface area contributed by atoms with Crippen molar-refractivity contribution in [3.63, 3.8) is 0 Å². The maximum Gasteiger partial charge on any atom is 0.407 e. The van der Waals surface area contributed by atoms with E-state index in [1.165, 1.54) is 24.4 Å². The van der Waals surface area contributed by atoms with Crippen molar-refractivity contribution in [2.75, 3.05) is 25.6 Å². The molecule has 0 aromatic heterocycles. The SMILES string of the molecule is COC(=O)NC(C(=O)Nc1cccc(CC(CO)N(CCC(C)C)S(=O)(=O)/C(C)=C/CC(C)=N)c1)C(c1ccccc1)c1ccccc1. The summed E-state index contributed by atoms with van der Waals surface area (Å²) in [5.41, 5.74) is 3.14. The number of rotatable bonds is 17. The molecule has 2 unspecified atom stereocenters. The van der Waals surface area contributed by atoms with Gasteiger partial charge >= 0.3 is 6.09 Å². The Labute approximate surface area is 284 Å². The summed E-state index contributed by atoms with van der Waals surface area (Å²) in [7, 11) is -2.69. The molecule has 0 bridgehead atoms. The Morgan fingerprint density at radius 3 is 2.08 bits per heavy atom. The van der Waals surface area contributed by atoms with Gasteiger partial charge in [-0.05, 0) is 61.4 Å². The number of ether oxygens (including phenoxy) is 1. The Balaban J connectivity index is 1.94. The van der Waals surface area contributed by atoms with Crippen LogP contribution in [0.15, 0.2) is 95.9 Å². The van der Waals surface area contributed by atoms with Gasteiger partial charge in [0.2, 0.25) is 15.9 Å². The van der Waals surface area contributed by atoms with Crippen molar-refractivity contribution in [3.8, 4) is 0 Å². The number of amides is 2. The normalized spacial score (nSPS) is 13.3. The van der Waals surface area contributed by atoms with Crippen LogP contribution in [0.4, 0.5) is 10.5 Å². The minimum absolute atomic E-state index is 0.132. The smallest absolute Gasteiger partial charge is 0.407 e. The molecule has 48 heavy (non-hydrogen) atoms. The second-order valence-corrected chi connectivity index (χ2v) is 14.3. The summed E-state index contributed by atoms with van der Waals surface area (Å²) in [4.78, 5) is 26.6. The Bertz CT molecular complexity index is 1610. The number of alkyl carbamates (subject to hydrolysis) is 1. The van der Waals surface area contributed by atoms with E-state index in [9.17, 15) is 23.1 Å². The number of sulfonamides is 1. The number of carbonyl (C=O) groups excluding carboxylic acids is 2. The van der Waals surface area contributed by atoms with Crippen LogP contribution in [0.2, 0.25) is 0 Å². The lowest BCUT2D eigenvalue weighted by Crippen LogP contribution is -2.48. The fourth-order valence-corrected chi connectivity index (χ4v) is 6.92. The van der Waals surface area contributed by atoms with E-state index in [4.69, 9.17) is 10.1 Å². The van der Waals surface area contributed by atoms with Gasteiger partial charge in [-0.3, -0.25) is 4.79 Å². The zero-order valence-corrected chi connectivity index (χ0v) is 29.2. The molecule has 4 N–H and O–H groups in total. The molecule has 2 amide bonds. The molecule has 0 heterocycles. The quantitative estimate of drug-likeness (QED) is 0.127. The highest BCUT2D eigenvalue weighted by Crippen LogP contribution is 2.30. The van der Waals surface area contributed by atoms with Crippen molar-refractivity contribution in [2.45, 2.75) is 65.0 Å². The second-order valence-electron chi connectivity index (χ2n) is 12.2. The van der Waals surface area contributed by atoms with Gasteiger partial charge in [-0.1, -0.05) is 92.7 Å². The molecular weight excluding hydrogens is 628 g/mol. The van der Waals surface area contributed by atoms with Crippen LogP contribution in [0, 0.1) is 11.3 Å². The first-order chi connectivity index (χ1) is 22.9. The van der Waals surface area contributed by atoms with Crippen LogP contribution in [0.1, 0.15) is 63.1 Å². The molecule has 3 rings (SSSR count). The van der Waals surface area contributed by atoms with Crippen molar-refractivity contribution in [1.29, 1.82) is 5.41 Å². The summed E-state index contributed by atoms with van der Waals surface area (Å²) in [5, 5.41) is 23.8. The number of hydrogen-bond donors (Lipinski definition) is 4. The highest BCUT2D eigenvalue weighted by atomic mass is 32.2. The minimum Gasteiger partial charge on any atom is -0.453 e. The Morgan fingerprint density at radius 1 is 0.958 bits per heavy atom. The largest absolute Gasteiger partial charge is 0.453 e. The van der Waals surface area contributed by atoms with E-state index in [0.29, 0.717) is 23.4 Å². The number of nitrogens with one attached hydrogen (secondary N) is 3. The van der Waals surface area contributed by atoms with Crippen LogP contribution >= 0.6 is 0 Å². The van der Waals surface area contributed by atoms with Crippen LogP contribution in [0.25, 0.3) is 0 Å². The Morgan fingerprint density at radius 2 is 1.56 bits per heavy atom. The third kappa shape index (κ3) is 10.9. The lowest BCUT2D eigenvalue weighted by Gasteiger charge is -2.31. The van der Waals surface area contributed by atoms with Gasteiger partial charge in [-0.2, -0.15) is 4.31 Å². The standard InChI is InChI=1S/C37H48N4O6S/c1-26(2)21-22-41(48(45,46)28(4)20-19-27(3)38)33(25-42)24-29-13-12-18-32(23-29)39-36(43)35(40-37(44)47-5)34(30-14-8-6-9-15-30)31-16-10-7-11-17-31/h6-18,20,23,26,33-35,38,42H,19,21-22,24-25H2,1-5H3,(H,39,43)(H,40,44)/b28-20+,38-27?. The zero-order chi connectivity index (χ0) is 35.3. The first-order valence-electron chi connectivity index (χ1n) is 16.0. The van der Waals surface area contributed by atoms with Gasteiger partial charge in [0, 0.05) is 30.3 Å². The van der Waals surface area contributed by atoms with Gasteiger partial charge in [-0.15, -0.1) is 0 Å². The maximum absolute atomic E-state index is 14.0. The van der Waals surface area contributed by atoms with Crippen molar-refractivity contribution in [1.82, 2.24) is 9.62 Å². The number of hydrogen-bond acceptors (Lipinski definition) is 7. The van der Waals surface area contributed by atoms with Gasteiger partial charge < -0.3 is 25.9 Å². The molecule has 10 nitrogen and oxygen atoms in total. The summed E-state index contributed by atoms with van der Waals surface area (Å²) < 4.78 is 33.7. The van der Waals surface area contributed by atoms with Gasteiger partial charge in [-0.25, -0.2) is 13.2 Å². The molecule has 0 aliphatic rings. The predicted molar refractivity (Wildman–Crippen MR) is 191 cm³/mol. The summed E-state index contributed by atoms with van der Waals surface area (Å²) in [6.07, 6.45) is 1.78. The monoisotopic (exact) mass is 676 g/mol. The second kappa shape index (κ2) is 18.3. The van der Waals surface area contributed by atoms with E-state index in [0.717, 1.165) is 11.1 Å². The molecule has 0 aliphatic heterocycles. The number of nitrogens with zero attached hydrogens (tertiary/aromatic N) is 1. The number of carbonyl (C=O) groups is 2. The fourth-order valence-electron chi connectivity index (χ4n) is 5.38. The first-order valence-corrected chi connectivity index (χ1v) is 17.5. The van der Waals surface area contributed by atoms with E-state index in [2.05, 4.69) is 10.6 Å².